The number of aromatic nitrogens is 2. The van der Waals surface area contributed by atoms with Crippen LogP contribution in [0.2, 0.25) is 0 Å². The summed E-state index contributed by atoms with van der Waals surface area (Å²) in [5, 5.41) is 0.447. The van der Waals surface area contributed by atoms with E-state index in [1.54, 1.807) is 61.5 Å². The van der Waals surface area contributed by atoms with Crippen molar-refractivity contribution in [1.29, 1.82) is 0 Å². The lowest BCUT2D eigenvalue weighted by atomic mass is 9.87. The van der Waals surface area contributed by atoms with Gasteiger partial charge in [0.25, 0.3) is 5.56 Å². The van der Waals surface area contributed by atoms with Gasteiger partial charge in [0.1, 0.15) is 11.6 Å². The van der Waals surface area contributed by atoms with Crippen molar-refractivity contribution in [2.45, 2.75) is 57.5 Å². The topological polar surface area (TPSA) is 81.5 Å². The molecule has 1 heterocycles. The van der Waals surface area contributed by atoms with E-state index in [1.807, 2.05) is 55.5 Å². The summed E-state index contributed by atoms with van der Waals surface area (Å²) in [6, 6.07) is 30.0. The fourth-order valence-electron chi connectivity index (χ4n) is 5.12. The van der Waals surface area contributed by atoms with Crippen molar-refractivity contribution in [3.05, 3.63) is 130 Å². The molecule has 8 heteroatoms. The van der Waals surface area contributed by atoms with Crippen LogP contribution in [0.5, 0.6) is 5.75 Å². The quantitative estimate of drug-likeness (QED) is 0.183. The van der Waals surface area contributed by atoms with E-state index in [4.69, 9.17) is 9.72 Å². The van der Waals surface area contributed by atoms with Crippen molar-refractivity contribution in [2.24, 2.45) is 0 Å². The van der Waals surface area contributed by atoms with Crippen molar-refractivity contribution in [2.75, 3.05) is 6.61 Å². The van der Waals surface area contributed by atoms with Gasteiger partial charge in [-0.15, -0.1) is 0 Å². The lowest BCUT2D eigenvalue weighted by Crippen LogP contribution is -2.37. The molecule has 0 bridgehead atoms. The number of fused-ring (bicyclic) bond motifs is 1. The van der Waals surface area contributed by atoms with Crippen LogP contribution in [0.15, 0.2) is 113 Å². The third-order valence-electron chi connectivity index (χ3n) is 7.52. The molecule has 0 aliphatic heterocycles. The molecule has 5 rings (SSSR count). The van der Waals surface area contributed by atoms with Crippen LogP contribution in [0.1, 0.15) is 57.6 Å². The first-order valence-electron chi connectivity index (χ1n) is 14.4. The molecule has 7 nitrogen and oxygen atoms in total. The minimum absolute atomic E-state index is 0.0946. The fourth-order valence-corrected chi connectivity index (χ4v) is 6.70. The Morgan fingerprint density at radius 2 is 1.49 bits per heavy atom. The number of para-hydroxylation sites is 1. The predicted molar refractivity (Wildman–Crippen MR) is 171 cm³/mol. The number of nitrogens with zero attached hydrogens (tertiary/aromatic N) is 3. The Hall–Kier alpha value is -4.27. The van der Waals surface area contributed by atoms with E-state index in [2.05, 4.69) is 20.8 Å². The largest absolute Gasteiger partial charge is 0.494 e. The Balaban J connectivity index is 1.69. The van der Waals surface area contributed by atoms with Gasteiger partial charge in [-0.1, -0.05) is 75.4 Å². The Kier molecular flexibility index (Phi) is 8.53. The van der Waals surface area contributed by atoms with Gasteiger partial charge in [-0.2, -0.15) is 4.31 Å². The van der Waals surface area contributed by atoms with Crippen molar-refractivity contribution >= 4 is 20.9 Å². The zero-order valence-electron chi connectivity index (χ0n) is 25.2. The molecule has 5 aromatic rings. The molecule has 0 spiro atoms. The second kappa shape index (κ2) is 12.1. The molecular weight excluding hydrogens is 558 g/mol. The highest BCUT2D eigenvalue weighted by Gasteiger charge is 2.33. The van der Waals surface area contributed by atoms with E-state index in [0.29, 0.717) is 34.8 Å². The Labute approximate surface area is 253 Å². The highest BCUT2D eigenvalue weighted by molar-refractivity contribution is 7.89. The molecule has 1 aromatic heterocycles. The minimum atomic E-state index is -4.03. The molecule has 0 saturated carbocycles. The van der Waals surface area contributed by atoms with Crippen molar-refractivity contribution in [1.82, 2.24) is 13.9 Å². The minimum Gasteiger partial charge on any atom is -0.494 e. The van der Waals surface area contributed by atoms with Crippen LogP contribution in [-0.2, 0) is 22.0 Å². The molecule has 0 N–H and O–H groups in total. The van der Waals surface area contributed by atoms with Crippen molar-refractivity contribution < 1.29 is 13.2 Å². The van der Waals surface area contributed by atoms with E-state index in [-0.39, 0.29) is 22.4 Å². The molecule has 0 aliphatic rings. The van der Waals surface area contributed by atoms with E-state index < -0.39 is 16.1 Å². The third-order valence-corrected chi connectivity index (χ3v) is 9.45. The fraction of sp³-hybridized carbons (Fsp3) is 0.257. The molecule has 0 saturated heterocycles. The summed E-state index contributed by atoms with van der Waals surface area (Å²) in [5.41, 5.74) is 2.53. The van der Waals surface area contributed by atoms with Gasteiger partial charge in [-0.25, -0.2) is 13.4 Å². The highest BCUT2D eigenvalue weighted by Crippen LogP contribution is 2.32. The molecule has 0 fully saturated rings. The highest BCUT2D eigenvalue weighted by atomic mass is 32.2. The average molecular weight is 596 g/mol. The number of benzene rings is 4. The van der Waals surface area contributed by atoms with Gasteiger partial charge < -0.3 is 4.74 Å². The molecule has 1 atom stereocenters. The third kappa shape index (κ3) is 6.26. The van der Waals surface area contributed by atoms with E-state index in [0.717, 1.165) is 11.1 Å². The lowest BCUT2D eigenvalue weighted by Gasteiger charge is -2.30. The van der Waals surface area contributed by atoms with Crippen LogP contribution >= 0.6 is 0 Å². The van der Waals surface area contributed by atoms with Crippen LogP contribution in [0.3, 0.4) is 0 Å². The maximum absolute atomic E-state index is 14.4. The van der Waals surface area contributed by atoms with Crippen LogP contribution in [-0.4, -0.2) is 28.9 Å². The number of ether oxygens (including phenoxy) is 1. The molecule has 0 aliphatic carbocycles. The Morgan fingerprint density at radius 3 is 2.12 bits per heavy atom. The standard InChI is InChI=1S/C35H37N3O4S/c1-6-42-29-20-18-28(19-21-29)38-33(36-32-15-11-10-14-31(32)34(38)39)25(2)37(24-26-12-8-7-9-13-26)43(40,41)30-22-16-27(17-23-30)35(3,4)5/h7-23,25H,6,24H2,1-5H3. The van der Waals surface area contributed by atoms with Gasteiger partial charge in [0.05, 0.1) is 34.1 Å². The van der Waals surface area contributed by atoms with Gasteiger partial charge in [0, 0.05) is 6.54 Å². The summed E-state index contributed by atoms with van der Waals surface area (Å²) >= 11 is 0. The van der Waals surface area contributed by atoms with Crippen molar-refractivity contribution in [3.63, 3.8) is 0 Å². The maximum Gasteiger partial charge on any atom is 0.266 e. The van der Waals surface area contributed by atoms with E-state index >= 15 is 0 Å². The molecular formula is C35H37N3O4S. The first-order chi connectivity index (χ1) is 20.5. The number of hydrogen-bond donors (Lipinski definition) is 0. The van der Waals surface area contributed by atoms with Crippen molar-refractivity contribution in [3.8, 4) is 11.4 Å². The first kappa shape index (κ1) is 30.2. The number of hydrogen-bond acceptors (Lipinski definition) is 5. The second-order valence-electron chi connectivity index (χ2n) is 11.5. The molecule has 4 aromatic carbocycles. The number of sulfonamides is 1. The smallest absolute Gasteiger partial charge is 0.266 e. The van der Waals surface area contributed by atoms with E-state index in [9.17, 15) is 13.2 Å². The Bertz CT molecular complexity index is 1880. The zero-order chi connectivity index (χ0) is 30.8. The molecule has 222 valence electrons. The molecule has 0 amide bonds. The lowest BCUT2D eigenvalue weighted by molar-refractivity contribution is 0.320. The zero-order valence-corrected chi connectivity index (χ0v) is 26.0. The molecule has 43 heavy (non-hydrogen) atoms. The van der Waals surface area contributed by atoms with Gasteiger partial charge in [0.2, 0.25) is 10.0 Å². The monoisotopic (exact) mass is 595 g/mol. The summed E-state index contributed by atoms with van der Waals surface area (Å²) < 4.78 is 37.4. The predicted octanol–water partition coefficient (Wildman–Crippen LogP) is 7.03. The molecule has 1 unspecified atom stereocenters. The van der Waals surface area contributed by atoms with Gasteiger partial charge in [-0.3, -0.25) is 9.36 Å². The van der Waals surface area contributed by atoms with Crippen LogP contribution in [0, 0.1) is 0 Å². The second-order valence-corrected chi connectivity index (χ2v) is 13.4. The summed E-state index contributed by atoms with van der Waals surface area (Å²) in [4.78, 5) is 19.1. The molecule has 0 radical (unpaired) electrons. The van der Waals surface area contributed by atoms with E-state index in [1.165, 1.54) is 8.87 Å². The summed E-state index contributed by atoms with van der Waals surface area (Å²) in [6.07, 6.45) is 0. The van der Waals surface area contributed by atoms with Gasteiger partial charge in [0.15, 0.2) is 0 Å². The average Bonchev–Trinajstić information content (AvgIpc) is 3.00. The Morgan fingerprint density at radius 1 is 0.860 bits per heavy atom. The van der Waals surface area contributed by atoms with Crippen LogP contribution in [0.25, 0.3) is 16.6 Å². The summed E-state index contributed by atoms with van der Waals surface area (Å²) in [7, 11) is -4.03. The van der Waals surface area contributed by atoms with Gasteiger partial charge >= 0.3 is 0 Å². The summed E-state index contributed by atoms with van der Waals surface area (Å²) in [6.45, 7) is 10.6. The van der Waals surface area contributed by atoms with Crippen LogP contribution in [0.4, 0.5) is 0 Å². The number of rotatable bonds is 9. The first-order valence-corrected chi connectivity index (χ1v) is 15.9. The summed E-state index contributed by atoms with van der Waals surface area (Å²) in [5.74, 6) is 0.994. The maximum atomic E-state index is 14.4. The van der Waals surface area contributed by atoms with Crippen LogP contribution < -0.4 is 10.3 Å². The normalized spacial score (nSPS) is 12.9. The van der Waals surface area contributed by atoms with Gasteiger partial charge in [-0.05, 0) is 78.9 Å². The SMILES string of the molecule is CCOc1ccc(-n2c(C(C)N(Cc3ccccc3)S(=O)(=O)c3ccc(C(C)(C)C)cc3)nc3ccccc3c2=O)cc1.